The molecule has 0 aliphatic carbocycles. The summed E-state index contributed by atoms with van der Waals surface area (Å²) in [6.45, 7) is 0. The van der Waals surface area contributed by atoms with Gasteiger partial charge in [-0.15, -0.1) is 9.77 Å². The van der Waals surface area contributed by atoms with Gasteiger partial charge in [0.1, 0.15) is 0 Å². The molecule has 0 radical (unpaired) electrons. The lowest BCUT2D eigenvalue weighted by molar-refractivity contribution is 0.362. The number of aromatic amines is 1. The monoisotopic (exact) mass is 250 g/mol. The van der Waals surface area contributed by atoms with Gasteiger partial charge in [0, 0.05) is 0 Å². The summed E-state index contributed by atoms with van der Waals surface area (Å²) in [7, 11) is 1.36. The average molecular weight is 250 g/mol. The molecule has 1 aromatic heterocycles. The molecule has 2 aromatic rings. The van der Waals surface area contributed by atoms with Crippen molar-refractivity contribution in [1.29, 1.82) is 0 Å². The summed E-state index contributed by atoms with van der Waals surface area (Å²) in [5.74, 6) is -0.504. The number of ether oxygens (including phenoxy) is 1. The van der Waals surface area contributed by atoms with Crippen LogP contribution in [0.3, 0.4) is 0 Å². The molecule has 2 rings (SSSR count). The van der Waals surface area contributed by atoms with E-state index in [1.807, 2.05) is 0 Å². The Bertz CT molecular complexity index is 644. The van der Waals surface area contributed by atoms with E-state index in [0.717, 1.165) is 4.68 Å². The molecule has 0 unspecified atom stereocenters. The van der Waals surface area contributed by atoms with Crippen LogP contribution < -0.4 is 10.4 Å². The molecule has 0 saturated heterocycles. The van der Waals surface area contributed by atoms with Crippen LogP contribution in [0.2, 0.25) is 0 Å². The van der Waals surface area contributed by atoms with Crippen molar-refractivity contribution in [3.05, 3.63) is 34.2 Å². The molecule has 1 aromatic carbocycles. The van der Waals surface area contributed by atoms with E-state index in [2.05, 4.69) is 15.3 Å². The highest BCUT2D eigenvalue weighted by molar-refractivity contribution is 5.80. The number of methoxy groups -OCH3 is 1. The van der Waals surface area contributed by atoms with Gasteiger partial charge in [-0.1, -0.05) is 0 Å². The maximum absolute atomic E-state index is 11.3. The van der Waals surface area contributed by atoms with Crippen LogP contribution in [0.5, 0.6) is 17.5 Å². The molecule has 0 amide bonds. The van der Waals surface area contributed by atoms with E-state index < -0.39 is 5.69 Å². The van der Waals surface area contributed by atoms with Crippen LogP contribution in [-0.2, 0) is 0 Å². The highest BCUT2D eigenvalue weighted by atomic mass is 16.5. The molecule has 0 saturated carbocycles. The molecule has 1 heterocycles. The van der Waals surface area contributed by atoms with Gasteiger partial charge in [0.15, 0.2) is 11.5 Å². The molecule has 0 fully saturated rings. The molecule has 0 aliphatic rings. The first-order valence-corrected chi connectivity index (χ1v) is 4.89. The first-order valence-electron chi connectivity index (χ1n) is 4.89. The minimum Gasteiger partial charge on any atom is -0.504 e. The molecular weight excluding hydrogens is 240 g/mol. The van der Waals surface area contributed by atoms with Crippen molar-refractivity contribution < 1.29 is 14.9 Å². The van der Waals surface area contributed by atoms with E-state index in [-0.39, 0.29) is 17.5 Å². The Morgan fingerprint density at radius 1 is 1.44 bits per heavy atom. The number of hydrogen-bond acceptors (Lipinski definition) is 6. The van der Waals surface area contributed by atoms with E-state index in [0.29, 0.717) is 5.56 Å². The zero-order chi connectivity index (χ0) is 13.1. The fraction of sp³-hybridized carbons (Fsp3) is 0.100. The maximum Gasteiger partial charge on any atom is 0.367 e. The van der Waals surface area contributed by atoms with E-state index in [1.54, 1.807) is 0 Å². The second-order valence-electron chi connectivity index (χ2n) is 3.32. The minimum absolute atomic E-state index is 0.0132. The summed E-state index contributed by atoms with van der Waals surface area (Å²) in [6, 6.07) is 4.15. The number of H-pyrrole nitrogens is 1. The van der Waals surface area contributed by atoms with Crippen LogP contribution in [0.15, 0.2) is 28.1 Å². The predicted molar refractivity (Wildman–Crippen MR) is 62.2 cm³/mol. The highest BCUT2D eigenvalue weighted by Gasteiger charge is 2.06. The first-order chi connectivity index (χ1) is 8.61. The van der Waals surface area contributed by atoms with Gasteiger partial charge in [0.05, 0.1) is 13.3 Å². The molecular formula is C10H10N4O4. The Labute approximate surface area is 101 Å². The molecule has 0 aliphatic heterocycles. The van der Waals surface area contributed by atoms with E-state index in [1.165, 1.54) is 31.5 Å². The van der Waals surface area contributed by atoms with Gasteiger partial charge >= 0.3 is 11.7 Å². The van der Waals surface area contributed by atoms with Gasteiger partial charge in [-0.2, -0.15) is 5.10 Å². The average Bonchev–Trinajstić information content (AvgIpc) is 2.71. The maximum atomic E-state index is 11.3. The van der Waals surface area contributed by atoms with Gasteiger partial charge in [-0.3, -0.25) is 0 Å². The van der Waals surface area contributed by atoms with E-state index >= 15 is 0 Å². The third kappa shape index (κ3) is 2.17. The molecule has 8 nitrogen and oxygen atoms in total. The number of nitrogens with zero attached hydrogens (tertiary/aromatic N) is 3. The number of phenols is 2. The molecule has 0 spiro atoms. The van der Waals surface area contributed by atoms with E-state index in [4.69, 9.17) is 9.84 Å². The Balaban J connectivity index is 2.32. The molecule has 8 heteroatoms. The number of aromatic hydroxyl groups is 2. The number of nitrogens with one attached hydrogen (secondary N) is 1. The summed E-state index contributed by atoms with van der Waals surface area (Å²) < 4.78 is 5.74. The van der Waals surface area contributed by atoms with E-state index in [9.17, 15) is 9.90 Å². The van der Waals surface area contributed by atoms with Crippen molar-refractivity contribution in [2.45, 2.75) is 0 Å². The number of phenolic OH excluding ortho intramolecular Hbond substituents is 2. The smallest absolute Gasteiger partial charge is 0.367 e. The Morgan fingerprint density at radius 3 is 2.89 bits per heavy atom. The Morgan fingerprint density at radius 2 is 2.22 bits per heavy atom. The van der Waals surface area contributed by atoms with Crippen molar-refractivity contribution in [3.63, 3.8) is 0 Å². The molecule has 0 bridgehead atoms. The summed E-state index contributed by atoms with van der Waals surface area (Å²) in [5, 5.41) is 28.0. The van der Waals surface area contributed by atoms with Gasteiger partial charge in [0.25, 0.3) is 0 Å². The van der Waals surface area contributed by atoms with Crippen LogP contribution in [0, 0.1) is 0 Å². The largest absolute Gasteiger partial charge is 0.504 e. The van der Waals surface area contributed by atoms with Crippen molar-refractivity contribution in [2.24, 2.45) is 5.10 Å². The summed E-state index contributed by atoms with van der Waals surface area (Å²) in [5.41, 5.74) is -0.0495. The van der Waals surface area contributed by atoms with Gasteiger partial charge in [-0.05, 0) is 23.8 Å². The van der Waals surface area contributed by atoms with Crippen LogP contribution in [0.4, 0.5) is 0 Å². The van der Waals surface area contributed by atoms with Crippen molar-refractivity contribution >= 4 is 6.21 Å². The molecule has 18 heavy (non-hydrogen) atoms. The van der Waals surface area contributed by atoms with Gasteiger partial charge < -0.3 is 14.9 Å². The highest BCUT2D eigenvalue weighted by Crippen LogP contribution is 2.24. The summed E-state index contributed by atoms with van der Waals surface area (Å²) >= 11 is 0. The van der Waals surface area contributed by atoms with Crippen molar-refractivity contribution in [2.75, 3.05) is 7.11 Å². The van der Waals surface area contributed by atoms with Gasteiger partial charge in [-0.25, -0.2) is 9.89 Å². The Kier molecular flexibility index (Phi) is 3.00. The SMILES string of the molecule is COc1n[nH]c(=O)n1/N=C/c1ccc(O)c(O)c1. The fourth-order valence-corrected chi connectivity index (χ4v) is 1.26. The number of aromatic nitrogens is 3. The van der Waals surface area contributed by atoms with Crippen molar-refractivity contribution in [3.8, 4) is 17.5 Å². The number of benzene rings is 1. The second kappa shape index (κ2) is 4.62. The standard InChI is InChI=1S/C10H10N4O4/c1-18-10-13-12-9(17)14(10)11-5-6-2-3-7(15)8(16)4-6/h2-5,15-16H,1H3,(H,12,17)/b11-5+. The minimum atomic E-state index is -0.550. The normalized spacial score (nSPS) is 10.9. The molecule has 3 N–H and O–H groups in total. The number of hydrogen-bond donors (Lipinski definition) is 3. The van der Waals surface area contributed by atoms with Crippen LogP contribution in [0.1, 0.15) is 5.56 Å². The zero-order valence-electron chi connectivity index (χ0n) is 9.36. The summed E-state index contributed by atoms with van der Waals surface area (Å²) in [6.07, 6.45) is 1.32. The molecule has 94 valence electrons. The summed E-state index contributed by atoms with van der Waals surface area (Å²) in [4.78, 5) is 11.3. The van der Waals surface area contributed by atoms with Crippen LogP contribution >= 0.6 is 0 Å². The zero-order valence-corrected chi connectivity index (χ0v) is 9.36. The van der Waals surface area contributed by atoms with Crippen LogP contribution in [-0.4, -0.2) is 38.4 Å². The van der Waals surface area contributed by atoms with Gasteiger partial charge in [0.2, 0.25) is 0 Å². The fourth-order valence-electron chi connectivity index (χ4n) is 1.26. The first kappa shape index (κ1) is 11.7. The quantitative estimate of drug-likeness (QED) is 0.519. The van der Waals surface area contributed by atoms with Crippen molar-refractivity contribution in [1.82, 2.24) is 14.9 Å². The Hall–Kier alpha value is -2.77. The predicted octanol–water partition coefficient (Wildman–Crippen LogP) is -0.127. The van der Waals surface area contributed by atoms with Crippen LogP contribution in [0.25, 0.3) is 0 Å². The topological polar surface area (TPSA) is 113 Å². The lowest BCUT2D eigenvalue weighted by atomic mass is 10.2. The molecule has 0 atom stereocenters. The second-order valence-corrected chi connectivity index (χ2v) is 3.32. The third-order valence-corrected chi connectivity index (χ3v) is 2.13. The lowest BCUT2D eigenvalue weighted by Crippen LogP contribution is -2.13. The number of rotatable bonds is 3. The lowest BCUT2D eigenvalue weighted by Gasteiger charge is -1.99. The third-order valence-electron chi connectivity index (χ3n) is 2.13.